The zero-order valence-electron chi connectivity index (χ0n) is 6.64. The lowest BCUT2D eigenvalue weighted by Gasteiger charge is -2.30. The summed E-state index contributed by atoms with van der Waals surface area (Å²) in [7, 11) is 0. The molecular formula is C7H13NO4. The molecule has 1 saturated heterocycles. The summed E-state index contributed by atoms with van der Waals surface area (Å²) in [6, 6.07) is -0.380. The van der Waals surface area contributed by atoms with Gasteiger partial charge in [0.2, 0.25) is 0 Å². The van der Waals surface area contributed by atoms with Gasteiger partial charge in [-0.15, -0.1) is 0 Å². The Morgan fingerprint density at radius 3 is 2.83 bits per heavy atom. The molecule has 0 aromatic rings. The third kappa shape index (κ3) is 2.44. The van der Waals surface area contributed by atoms with Gasteiger partial charge in [0, 0.05) is 6.42 Å². The molecule has 0 radical (unpaired) electrons. The predicted molar refractivity (Wildman–Crippen MR) is 40.6 cm³/mol. The number of nitrogens with two attached hydrogens (primary N) is 1. The minimum absolute atomic E-state index is 0.0657. The second-order valence-corrected chi connectivity index (χ2v) is 3.02. The van der Waals surface area contributed by atoms with Crippen molar-refractivity contribution in [3.05, 3.63) is 0 Å². The predicted octanol–water partition coefficient (Wildman–Crippen LogP) is -1.06. The fraction of sp³-hybridized carbons (Fsp3) is 0.857. The van der Waals surface area contributed by atoms with E-state index in [-0.39, 0.29) is 19.1 Å². The first-order chi connectivity index (χ1) is 5.59. The number of carboxylic acids is 1. The van der Waals surface area contributed by atoms with Crippen molar-refractivity contribution in [2.45, 2.75) is 31.1 Å². The molecule has 0 aromatic carbocycles. The van der Waals surface area contributed by atoms with E-state index in [2.05, 4.69) is 0 Å². The van der Waals surface area contributed by atoms with E-state index in [1.54, 1.807) is 0 Å². The van der Waals surface area contributed by atoms with Crippen LogP contribution in [0.5, 0.6) is 0 Å². The molecule has 0 bridgehead atoms. The van der Waals surface area contributed by atoms with Gasteiger partial charge in [-0.25, -0.2) is 0 Å². The van der Waals surface area contributed by atoms with Gasteiger partial charge in [-0.05, 0) is 0 Å². The summed E-state index contributed by atoms with van der Waals surface area (Å²) < 4.78 is 5.11. The smallest absolute Gasteiger partial charge is 0.305 e. The van der Waals surface area contributed by atoms with Crippen LogP contribution in [0.2, 0.25) is 0 Å². The van der Waals surface area contributed by atoms with E-state index in [1.807, 2.05) is 0 Å². The van der Waals surface area contributed by atoms with Crippen molar-refractivity contribution in [2.75, 3.05) is 6.61 Å². The average molecular weight is 175 g/mol. The van der Waals surface area contributed by atoms with Crippen molar-refractivity contribution in [2.24, 2.45) is 5.73 Å². The van der Waals surface area contributed by atoms with Gasteiger partial charge in [0.05, 0.1) is 31.3 Å². The first-order valence-corrected chi connectivity index (χ1v) is 3.86. The Morgan fingerprint density at radius 1 is 1.67 bits per heavy atom. The van der Waals surface area contributed by atoms with Crippen LogP contribution in [-0.4, -0.2) is 41.0 Å². The van der Waals surface area contributed by atoms with Gasteiger partial charge in [0.15, 0.2) is 0 Å². The minimum atomic E-state index is -0.914. The van der Waals surface area contributed by atoms with Gasteiger partial charge in [0.25, 0.3) is 0 Å². The van der Waals surface area contributed by atoms with Crippen LogP contribution in [0.1, 0.15) is 12.8 Å². The molecule has 5 heteroatoms. The summed E-state index contributed by atoms with van der Waals surface area (Å²) in [5.74, 6) is -0.914. The van der Waals surface area contributed by atoms with Crippen LogP contribution in [0.15, 0.2) is 0 Å². The highest BCUT2D eigenvalue weighted by Crippen LogP contribution is 2.15. The van der Waals surface area contributed by atoms with Crippen molar-refractivity contribution in [3.8, 4) is 0 Å². The summed E-state index contributed by atoms with van der Waals surface area (Å²) in [6.07, 6.45) is -0.780. The molecule has 0 amide bonds. The SMILES string of the molecule is NC1COC(CC(=O)O)CC1O. The van der Waals surface area contributed by atoms with E-state index in [4.69, 9.17) is 15.6 Å². The van der Waals surface area contributed by atoms with Crippen LogP contribution in [0, 0.1) is 0 Å². The van der Waals surface area contributed by atoms with Crippen LogP contribution in [0.3, 0.4) is 0 Å². The zero-order valence-corrected chi connectivity index (χ0v) is 6.64. The van der Waals surface area contributed by atoms with Gasteiger partial charge in [0.1, 0.15) is 0 Å². The molecule has 0 spiro atoms. The fourth-order valence-electron chi connectivity index (χ4n) is 1.21. The van der Waals surface area contributed by atoms with Crippen molar-refractivity contribution in [1.82, 2.24) is 0 Å². The maximum atomic E-state index is 10.3. The maximum absolute atomic E-state index is 10.3. The minimum Gasteiger partial charge on any atom is -0.481 e. The molecule has 3 atom stereocenters. The van der Waals surface area contributed by atoms with Gasteiger partial charge in [-0.1, -0.05) is 0 Å². The molecule has 1 aliphatic rings. The number of carbonyl (C=O) groups is 1. The Bertz CT molecular complexity index is 173. The zero-order chi connectivity index (χ0) is 9.14. The number of hydrogen-bond acceptors (Lipinski definition) is 4. The molecule has 70 valence electrons. The summed E-state index contributed by atoms with van der Waals surface area (Å²) in [6.45, 7) is 0.235. The molecule has 1 aliphatic heterocycles. The summed E-state index contributed by atoms with van der Waals surface area (Å²) >= 11 is 0. The molecule has 0 saturated carbocycles. The van der Waals surface area contributed by atoms with Crippen molar-refractivity contribution in [1.29, 1.82) is 0 Å². The molecule has 3 unspecified atom stereocenters. The molecule has 1 rings (SSSR count). The number of aliphatic hydroxyl groups excluding tert-OH is 1. The molecule has 12 heavy (non-hydrogen) atoms. The first kappa shape index (κ1) is 9.44. The topological polar surface area (TPSA) is 92.8 Å². The van der Waals surface area contributed by atoms with Crippen molar-refractivity contribution >= 4 is 5.97 Å². The third-order valence-corrected chi connectivity index (χ3v) is 1.93. The molecule has 5 nitrogen and oxygen atoms in total. The quantitative estimate of drug-likeness (QED) is 0.497. The van der Waals surface area contributed by atoms with Crippen molar-refractivity contribution < 1.29 is 19.7 Å². The molecule has 1 heterocycles. The van der Waals surface area contributed by atoms with Crippen LogP contribution < -0.4 is 5.73 Å². The first-order valence-electron chi connectivity index (χ1n) is 3.86. The molecular weight excluding hydrogens is 162 g/mol. The Balaban J connectivity index is 2.35. The number of ether oxygens (including phenoxy) is 1. The van der Waals surface area contributed by atoms with E-state index in [1.165, 1.54) is 0 Å². The number of carboxylic acid groups (broad SMARTS) is 1. The lowest BCUT2D eigenvalue weighted by Crippen LogP contribution is -2.47. The number of aliphatic hydroxyl groups is 1. The average Bonchev–Trinajstić information content (AvgIpc) is 1.96. The van der Waals surface area contributed by atoms with Crippen LogP contribution >= 0.6 is 0 Å². The van der Waals surface area contributed by atoms with E-state index >= 15 is 0 Å². The molecule has 0 aromatic heterocycles. The van der Waals surface area contributed by atoms with Gasteiger partial charge < -0.3 is 20.7 Å². The standard InChI is InChI=1S/C7H13NO4/c8-5-3-12-4(1-6(5)9)2-7(10)11/h4-6,9H,1-3,8H2,(H,10,11). The lowest BCUT2D eigenvalue weighted by molar-refractivity contribution is -0.143. The monoisotopic (exact) mass is 175 g/mol. The third-order valence-electron chi connectivity index (χ3n) is 1.93. The second kappa shape index (κ2) is 3.84. The van der Waals surface area contributed by atoms with E-state index < -0.39 is 18.2 Å². The largest absolute Gasteiger partial charge is 0.481 e. The highest BCUT2D eigenvalue weighted by atomic mass is 16.5. The molecule has 1 fully saturated rings. The maximum Gasteiger partial charge on any atom is 0.305 e. The van der Waals surface area contributed by atoms with Gasteiger partial charge in [-0.3, -0.25) is 4.79 Å². The van der Waals surface area contributed by atoms with E-state index in [0.29, 0.717) is 6.42 Å². The van der Waals surface area contributed by atoms with E-state index in [9.17, 15) is 9.90 Å². The summed E-state index contributed by atoms with van der Waals surface area (Å²) in [4.78, 5) is 10.3. The summed E-state index contributed by atoms with van der Waals surface area (Å²) in [5, 5.41) is 17.7. The Kier molecular flexibility index (Phi) is 3.02. The van der Waals surface area contributed by atoms with E-state index in [0.717, 1.165) is 0 Å². The Morgan fingerprint density at radius 2 is 2.33 bits per heavy atom. The fourth-order valence-corrected chi connectivity index (χ4v) is 1.21. The highest BCUT2D eigenvalue weighted by molar-refractivity contribution is 5.67. The molecule has 4 N–H and O–H groups in total. The Hall–Kier alpha value is -0.650. The lowest BCUT2D eigenvalue weighted by atomic mass is 10.0. The van der Waals surface area contributed by atoms with Crippen molar-refractivity contribution in [3.63, 3.8) is 0 Å². The summed E-state index contributed by atoms with van der Waals surface area (Å²) in [5.41, 5.74) is 5.45. The Labute approximate surface area is 70.1 Å². The highest BCUT2D eigenvalue weighted by Gasteiger charge is 2.28. The number of aliphatic carboxylic acids is 1. The normalized spacial score (nSPS) is 36.3. The van der Waals surface area contributed by atoms with Gasteiger partial charge >= 0.3 is 5.97 Å². The number of hydrogen-bond donors (Lipinski definition) is 3. The van der Waals surface area contributed by atoms with Crippen LogP contribution in [0.4, 0.5) is 0 Å². The van der Waals surface area contributed by atoms with Crippen LogP contribution in [0.25, 0.3) is 0 Å². The molecule has 0 aliphatic carbocycles. The number of rotatable bonds is 2. The second-order valence-electron chi connectivity index (χ2n) is 3.02. The van der Waals surface area contributed by atoms with Gasteiger partial charge in [-0.2, -0.15) is 0 Å². The van der Waals surface area contributed by atoms with Crippen LogP contribution in [-0.2, 0) is 9.53 Å².